The van der Waals surface area contributed by atoms with Gasteiger partial charge >= 0.3 is 0 Å². The van der Waals surface area contributed by atoms with Crippen LogP contribution in [0, 0.1) is 10.5 Å². The smallest absolute Gasteiger partial charge is 0.134 e. The van der Waals surface area contributed by atoms with Gasteiger partial charge in [0, 0.05) is 26.8 Å². The number of benzene rings is 2. The number of fused-ring (bicyclic) bond motifs is 1. The van der Waals surface area contributed by atoms with Crippen molar-refractivity contribution in [3.8, 4) is 0 Å². The molecule has 2 aromatic carbocycles. The average molecular weight is 363 g/mol. The third-order valence-electron chi connectivity index (χ3n) is 3.19. The Morgan fingerprint density at radius 3 is 2.79 bits per heavy atom. The summed E-state index contributed by atoms with van der Waals surface area (Å²) in [6, 6.07) is 16.5. The lowest BCUT2D eigenvalue weighted by Gasteiger charge is -2.06. The summed E-state index contributed by atoms with van der Waals surface area (Å²) in [6.45, 7) is 2.80. The van der Waals surface area contributed by atoms with E-state index in [2.05, 4.69) is 58.2 Å². The highest BCUT2D eigenvalue weighted by Crippen LogP contribution is 2.26. The Labute approximate surface area is 126 Å². The van der Waals surface area contributed by atoms with E-state index in [1.165, 1.54) is 14.5 Å². The van der Waals surface area contributed by atoms with Crippen molar-refractivity contribution in [3.05, 3.63) is 63.4 Å². The van der Waals surface area contributed by atoms with E-state index in [1.807, 2.05) is 25.1 Å². The van der Waals surface area contributed by atoms with Gasteiger partial charge in [-0.15, -0.1) is 0 Å². The van der Waals surface area contributed by atoms with Crippen molar-refractivity contribution in [1.82, 2.24) is 0 Å². The monoisotopic (exact) mass is 363 g/mol. The van der Waals surface area contributed by atoms with Gasteiger partial charge in [-0.2, -0.15) is 0 Å². The van der Waals surface area contributed by atoms with E-state index in [0.717, 1.165) is 23.6 Å². The van der Waals surface area contributed by atoms with Crippen LogP contribution in [0.1, 0.15) is 11.3 Å². The molecule has 0 aliphatic carbocycles. The third-order valence-corrected chi connectivity index (χ3v) is 3.87. The van der Waals surface area contributed by atoms with E-state index in [4.69, 9.17) is 4.42 Å². The summed E-state index contributed by atoms with van der Waals surface area (Å²) in [4.78, 5) is 0. The van der Waals surface area contributed by atoms with Gasteiger partial charge in [0.05, 0.1) is 0 Å². The van der Waals surface area contributed by atoms with Crippen LogP contribution in [0.25, 0.3) is 11.0 Å². The van der Waals surface area contributed by atoms with Gasteiger partial charge in [0.15, 0.2) is 0 Å². The number of nitrogens with one attached hydrogen (secondary N) is 1. The fourth-order valence-electron chi connectivity index (χ4n) is 2.23. The van der Waals surface area contributed by atoms with Crippen molar-refractivity contribution in [2.75, 3.05) is 5.32 Å². The maximum Gasteiger partial charge on any atom is 0.134 e. The summed E-state index contributed by atoms with van der Waals surface area (Å²) in [5.74, 6) is 0.985. The quantitative estimate of drug-likeness (QED) is 0.666. The molecular formula is C16H14INO. The summed E-state index contributed by atoms with van der Waals surface area (Å²) in [7, 11) is 0. The summed E-state index contributed by atoms with van der Waals surface area (Å²) in [5.41, 5.74) is 3.32. The Morgan fingerprint density at radius 1 is 1.11 bits per heavy atom. The maximum absolute atomic E-state index is 5.77. The van der Waals surface area contributed by atoms with Crippen LogP contribution in [0.5, 0.6) is 0 Å². The molecule has 0 spiro atoms. The Balaban J connectivity index is 1.87. The molecule has 1 aromatic heterocycles. The zero-order valence-corrected chi connectivity index (χ0v) is 12.8. The lowest BCUT2D eigenvalue weighted by atomic mass is 10.1. The van der Waals surface area contributed by atoms with Crippen molar-refractivity contribution in [1.29, 1.82) is 0 Å². The predicted molar refractivity (Wildman–Crippen MR) is 87.4 cm³/mol. The Hall–Kier alpha value is -1.49. The zero-order valence-electron chi connectivity index (χ0n) is 10.6. The van der Waals surface area contributed by atoms with Crippen LogP contribution < -0.4 is 5.32 Å². The topological polar surface area (TPSA) is 25.2 Å². The Kier molecular flexibility index (Phi) is 3.46. The molecule has 96 valence electrons. The number of aryl methyl sites for hydroxylation is 1. The number of halogens is 1. The van der Waals surface area contributed by atoms with Crippen molar-refractivity contribution in [2.45, 2.75) is 13.5 Å². The highest BCUT2D eigenvalue weighted by Gasteiger charge is 2.09. The van der Waals surface area contributed by atoms with Gasteiger partial charge in [-0.3, -0.25) is 0 Å². The van der Waals surface area contributed by atoms with Crippen LogP contribution in [0.15, 0.2) is 52.9 Å². The minimum Gasteiger partial charge on any atom is -0.461 e. The van der Waals surface area contributed by atoms with Gasteiger partial charge < -0.3 is 9.73 Å². The van der Waals surface area contributed by atoms with Crippen molar-refractivity contribution in [3.63, 3.8) is 0 Å². The molecule has 3 heteroatoms. The zero-order chi connectivity index (χ0) is 13.2. The average Bonchev–Trinajstić information content (AvgIpc) is 2.72. The first-order valence-corrected chi connectivity index (χ1v) is 7.28. The standard InChI is InChI=1S/C16H14INO/c1-11-15(14-7-2-3-8-16(14)19-11)10-18-13-6-4-5-12(17)9-13/h2-9,18H,10H2,1H3. The number of furan rings is 1. The van der Waals surface area contributed by atoms with Crippen molar-refractivity contribution in [2.24, 2.45) is 0 Å². The van der Waals surface area contributed by atoms with E-state index >= 15 is 0 Å². The van der Waals surface area contributed by atoms with Gasteiger partial charge in [-0.05, 0) is 53.8 Å². The molecule has 0 aliphatic heterocycles. The molecule has 1 heterocycles. The van der Waals surface area contributed by atoms with E-state index in [9.17, 15) is 0 Å². The van der Waals surface area contributed by atoms with Crippen LogP contribution >= 0.6 is 22.6 Å². The van der Waals surface area contributed by atoms with Crippen LogP contribution in [-0.2, 0) is 6.54 Å². The van der Waals surface area contributed by atoms with Gasteiger partial charge in [-0.1, -0.05) is 24.3 Å². The van der Waals surface area contributed by atoms with Gasteiger partial charge in [-0.25, -0.2) is 0 Å². The predicted octanol–water partition coefficient (Wildman–Crippen LogP) is 4.96. The van der Waals surface area contributed by atoms with Gasteiger partial charge in [0.1, 0.15) is 11.3 Å². The second kappa shape index (κ2) is 5.25. The summed E-state index contributed by atoms with van der Waals surface area (Å²) < 4.78 is 7.00. The number of anilines is 1. The van der Waals surface area contributed by atoms with E-state index in [1.54, 1.807) is 0 Å². The number of rotatable bonds is 3. The molecule has 1 N–H and O–H groups in total. The fourth-order valence-corrected chi connectivity index (χ4v) is 2.77. The molecule has 19 heavy (non-hydrogen) atoms. The summed E-state index contributed by atoms with van der Waals surface area (Å²) >= 11 is 2.32. The van der Waals surface area contributed by atoms with E-state index < -0.39 is 0 Å². The first-order chi connectivity index (χ1) is 9.24. The van der Waals surface area contributed by atoms with Crippen molar-refractivity contribution < 1.29 is 4.42 Å². The molecular weight excluding hydrogens is 349 g/mol. The molecule has 0 saturated carbocycles. The largest absolute Gasteiger partial charge is 0.461 e. The fraction of sp³-hybridized carbons (Fsp3) is 0.125. The molecule has 0 bridgehead atoms. The highest BCUT2D eigenvalue weighted by atomic mass is 127. The van der Waals surface area contributed by atoms with Crippen LogP contribution in [0.2, 0.25) is 0 Å². The molecule has 0 amide bonds. The molecule has 3 rings (SSSR count). The normalized spacial score (nSPS) is 10.8. The molecule has 0 saturated heterocycles. The molecule has 0 aliphatic rings. The summed E-state index contributed by atoms with van der Waals surface area (Å²) in [5, 5.41) is 4.65. The molecule has 2 nitrogen and oxygen atoms in total. The third kappa shape index (κ3) is 2.61. The lowest BCUT2D eigenvalue weighted by molar-refractivity contribution is 0.573. The molecule has 0 atom stereocenters. The number of hydrogen-bond donors (Lipinski definition) is 1. The molecule has 3 aromatic rings. The van der Waals surface area contributed by atoms with Crippen LogP contribution in [-0.4, -0.2) is 0 Å². The number of para-hydroxylation sites is 1. The first kappa shape index (κ1) is 12.5. The van der Waals surface area contributed by atoms with Crippen LogP contribution in [0.4, 0.5) is 5.69 Å². The lowest BCUT2D eigenvalue weighted by Crippen LogP contribution is -2.00. The first-order valence-electron chi connectivity index (χ1n) is 6.20. The minimum atomic E-state index is 0.781. The van der Waals surface area contributed by atoms with Gasteiger partial charge in [0.2, 0.25) is 0 Å². The molecule has 0 unspecified atom stereocenters. The summed E-state index contributed by atoms with van der Waals surface area (Å²) in [6.07, 6.45) is 0. The second-order valence-corrected chi connectivity index (χ2v) is 5.74. The van der Waals surface area contributed by atoms with Crippen molar-refractivity contribution >= 4 is 39.2 Å². The van der Waals surface area contributed by atoms with E-state index in [-0.39, 0.29) is 0 Å². The second-order valence-electron chi connectivity index (χ2n) is 4.50. The molecule has 0 radical (unpaired) electrons. The minimum absolute atomic E-state index is 0.781. The molecule has 0 fully saturated rings. The maximum atomic E-state index is 5.77. The van der Waals surface area contributed by atoms with Crippen LogP contribution in [0.3, 0.4) is 0 Å². The number of hydrogen-bond acceptors (Lipinski definition) is 2. The SMILES string of the molecule is Cc1oc2ccccc2c1CNc1cccc(I)c1. The highest BCUT2D eigenvalue weighted by molar-refractivity contribution is 14.1. The van der Waals surface area contributed by atoms with Gasteiger partial charge in [0.25, 0.3) is 0 Å². The Bertz CT molecular complexity index is 718. The Morgan fingerprint density at radius 2 is 1.95 bits per heavy atom. The van der Waals surface area contributed by atoms with E-state index in [0.29, 0.717) is 0 Å².